The average molecular weight is 357 g/mol. The molecule has 8 nitrogen and oxygen atoms in total. The van der Waals surface area contributed by atoms with Crippen LogP contribution in [0.15, 0.2) is 12.2 Å². The predicted molar refractivity (Wildman–Crippen MR) is 87.9 cm³/mol. The van der Waals surface area contributed by atoms with E-state index in [1.54, 1.807) is 26.8 Å². The molecule has 2 heterocycles. The summed E-state index contributed by atoms with van der Waals surface area (Å²) in [5.41, 5.74) is -0.579. The third-order valence-electron chi connectivity index (χ3n) is 3.66. The monoisotopic (exact) mass is 357 g/mol. The van der Waals surface area contributed by atoms with Crippen LogP contribution in [0, 0.1) is 0 Å². The molecule has 0 bridgehead atoms. The average Bonchev–Trinajstić information content (AvgIpc) is 2.94. The van der Waals surface area contributed by atoms with Gasteiger partial charge in [-0.2, -0.15) is 0 Å². The van der Waals surface area contributed by atoms with Crippen LogP contribution in [0.1, 0.15) is 34.6 Å². The van der Waals surface area contributed by atoms with E-state index in [0.29, 0.717) is 0 Å². The Balaban J connectivity index is 2.00. The van der Waals surface area contributed by atoms with Gasteiger partial charge in [0.1, 0.15) is 30.0 Å². The van der Waals surface area contributed by atoms with Crippen LogP contribution in [0.4, 0.5) is 4.79 Å². The van der Waals surface area contributed by atoms with Crippen LogP contribution in [0.3, 0.4) is 0 Å². The topological polar surface area (TPSA) is 92.3 Å². The Kier molecular flexibility index (Phi) is 5.75. The zero-order chi connectivity index (χ0) is 18.8. The molecule has 0 spiro atoms. The summed E-state index contributed by atoms with van der Waals surface area (Å²) in [5.74, 6) is -1.24. The van der Waals surface area contributed by atoms with E-state index in [1.807, 2.05) is 13.8 Å². The van der Waals surface area contributed by atoms with Crippen molar-refractivity contribution in [1.29, 1.82) is 0 Å². The Morgan fingerprint density at radius 3 is 2.44 bits per heavy atom. The fourth-order valence-electron chi connectivity index (χ4n) is 2.77. The molecule has 8 heteroatoms. The summed E-state index contributed by atoms with van der Waals surface area (Å²) in [4.78, 5) is 23.1. The third kappa shape index (κ3) is 5.42. The molecule has 2 saturated heterocycles. The number of alkyl carbamates (subject to hydrolysis) is 1. The van der Waals surface area contributed by atoms with E-state index in [9.17, 15) is 9.59 Å². The van der Waals surface area contributed by atoms with Gasteiger partial charge in [-0.25, -0.2) is 9.59 Å². The number of rotatable bonds is 4. The normalized spacial score (nSPS) is 31.0. The minimum atomic E-state index is -0.763. The number of nitrogens with one attached hydrogen (secondary N) is 1. The number of hydrogen-bond acceptors (Lipinski definition) is 7. The van der Waals surface area contributed by atoms with Crippen LogP contribution < -0.4 is 5.32 Å². The lowest BCUT2D eigenvalue weighted by atomic mass is 10.1. The van der Waals surface area contributed by atoms with Crippen molar-refractivity contribution in [3.05, 3.63) is 12.2 Å². The number of amides is 1. The van der Waals surface area contributed by atoms with Gasteiger partial charge in [-0.1, -0.05) is 0 Å². The summed E-state index contributed by atoms with van der Waals surface area (Å²) in [6, 6.07) is 0. The molecule has 0 aromatic heterocycles. The molecule has 2 fully saturated rings. The minimum absolute atomic E-state index is 0.206. The van der Waals surface area contributed by atoms with E-state index in [2.05, 4.69) is 10.1 Å². The number of hydrogen-bond donors (Lipinski definition) is 1. The first-order chi connectivity index (χ1) is 11.5. The molecule has 4 atom stereocenters. The van der Waals surface area contributed by atoms with Gasteiger partial charge in [-0.15, -0.1) is 0 Å². The van der Waals surface area contributed by atoms with Gasteiger partial charge in [-0.3, -0.25) is 0 Å². The highest BCUT2D eigenvalue weighted by Crippen LogP contribution is 2.39. The highest BCUT2D eigenvalue weighted by molar-refractivity contribution is 5.81. The van der Waals surface area contributed by atoms with E-state index in [-0.39, 0.29) is 18.8 Å². The zero-order valence-corrected chi connectivity index (χ0v) is 15.5. The standard InChI is InChI=1S/C17H27NO7/c1-16(2,3)25-15(20)18-9-11-14-13(23-17(4,5)24-14)10(22-11)7-8-12(19)21-6/h7-8,10-11,13-14H,9H2,1-6H3,(H,18,20)/b8-7+/t10-,11-,13+,14-/m1/s1. The Hall–Kier alpha value is -1.64. The molecule has 2 aliphatic heterocycles. The number of methoxy groups -OCH3 is 1. The van der Waals surface area contributed by atoms with Crippen molar-refractivity contribution >= 4 is 12.1 Å². The highest BCUT2D eigenvalue weighted by Gasteiger charge is 2.54. The smallest absolute Gasteiger partial charge is 0.407 e. The Morgan fingerprint density at radius 1 is 1.20 bits per heavy atom. The molecule has 0 saturated carbocycles. The van der Waals surface area contributed by atoms with Crippen molar-refractivity contribution in [3.8, 4) is 0 Å². The number of fused-ring (bicyclic) bond motifs is 1. The molecule has 0 radical (unpaired) electrons. The van der Waals surface area contributed by atoms with E-state index in [1.165, 1.54) is 13.2 Å². The van der Waals surface area contributed by atoms with E-state index >= 15 is 0 Å². The van der Waals surface area contributed by atoms with E-state index in [0.717, 1.165) is 0 Å². The highest BCUT2D eigenvalue weighted by atomic mass is 16.8. The van der Waals surface area contributed by atoms with Crippen LogP contribution in [-0.2, 0) is 28.5 Å². The molecule has 0 aromatic rings. The first-order valence-electron chi connectivity index (χ1n) is 8.25. The number of esters is 1. The van der Waals surface area contributed by atoms with Crippen molar-refractivity contribution < 1.29 is 33.3 Å². The third-order valence-corrected chi connectivity index (χ3v) is 3.66. The van der Waals surface area contributed by atoms with Crippen LogP contribution in [0.25, 0.3) is 0 Å². The second kappa shape index (κ2) is 7.31. The van der Waals surface area contributed by atoms with Crippen LogP contribution in [0.5, 0.6) is 0 Å². The zero-order valence-electron chi connectivity index (χ0n) is 15.5. The summed E-state index contributed by atoms with van der Waals surface area (Å²) < 4.78 is 27.5. The number of ether oxygens (including phenoxy) is 5. The summed E-state index contributed by atoms with van der Waals surface area (Å²) in [6.07, 6.45) is 0.711. The maximum Gasteiger partial charge on any atom is 0.407 e. The second-order valence-electron chi connectivity index (χ2n) is 7.47. The van der Waals surface area contributed by atoms with Gasteiger partial charge >= 0.3 is 12.1 Å². The van der Waals surface area contributed by atoms with Crippen molar-refractivity contribution in [3.63, 3.8) is 0 Å². The first kappa shape index (κ1) is 19.7. The number of carbonyl (C=O) groups excluding carboxylic acids is 2. The molecule has 2 aliphatic rings. The van der Waals surface area contributed by atoms with Crippen molar-refractivity contribution in [2.45, 2.75) is 70.4 Å². The largest absolute Gasteiger partial charge is 0.466 e. The Morgan fingerprint density at radius 2 is 1.84 bits per heavy atom. The lowest BCUT2D eigenvalue weighted by Crippen LogP contribution is -2.41. The van der Waals surface area contributed by atoms with Gasteiger partial charge in [0.05, 0.1) is 7.11 Å². The summed E-state index contributed by atoms with van der Waals surface area (Å²) >= 11 is 0. The first-order valence-corrected chi connectivity index (χ1v) is 8.25. The lowest BCUT2D eigenvalue weighted by Gasteiger charge is -2.24. The minimum Gasteiger partial charge on any atom is -0.466 e. The maximum absolute atomic E-state index is 11.8. The van der Waals surface area contributed by atoms with Crippen LogP contribution in [0.2, 0.25) is 0 Å². The van der Waals surface area contributed by atoms with Crippen LogP contribution in [-0.4, -0.2) is 61.5 Å². The molecular formula is C17H27NO7. The summed E-state index contributed by atoms with van der Waals surface area (Å²) in [5, 5.41) is 2.68. The van der Waals surface area contributed by atoms with Gasteiger partial charge in [0.2, 0.25) is 0 Å². The SMILES string of the molecule is COC(=O)/C=C/[C@H]1O[C@H](CNC(=O)OC(C)(C)C)[C@H]2OC(C)(C)O[C@H]21. The fourth-order valence-corrected chi connectivity index (χ4v) is 2.77. The molecule has 2 rings (SSSR count). The fraction of sp³-hybridized carbons (Fsp3) is 0.765. The molecular weight excluding hydrogens is 330 g/mol. The molecule has 0 aromatic carbocycles. The second-order valence-corrected chi connectivity index (χ2v) is 7.47. The maximum atomic E-state index is 11.8. The van der Waals surface area contributed by atoms with Gasteiger partial charge in [-0.05, 0) is 40.7 Å². The van der Waals surface area contributed by atoms with Gasteiger partial charge in [0.15, 0.2) is 5.79 Å². The molecule has 1 N–H and O–H groups in total. The van der Waals surface area contributed by atoms with Crippen molar-refractivity contribution in [1.82, 2.24) is 5.32 Å². The van der Waals surface area contributed by atoms with Crippen LogP contribution >= 0.6 is 0 Å². The van der Waals surface area contributed by atoms with Gasteiger partial charge in [0.25, 0.3) is 0 Å². The van der Waals surface area contributed by atoms with Crippen molar-refractivity contribution in [2.24, 2.45) is 0 Å². The quantitative estimate of drug-likeness (QED) is 0.602. The summed E-state index contributed by atoms with van der Waals surface area (Å²) in [6.45, 7) is 9.20. The molecule has 1 amide bonds. The Bertz CT molecular complexity index is 538. The molecule has 25 heavy (non-hydrogen) atoms. The molecule has 0 unspecified atom stereocenters. The predicted octanol–water partition coefficient (Wildman–Crippen LogP) is 1.53. The number of carbonyl (C=O) groups is 2. The van der Waals surface area contributed by atoms with Crippen molar-refractivity contribution in [2.75, 3.05) is 13.7 Å². The lowest BCUT2D eigenvalue weighted by molar-refractivity contribution is -0.181. The Labute approximate surface area is 147 Å². The summed E-state index contributed by atoms with van der Waals surface area (Å²) in [7, 11) is 1.30. The molecule has 142 valence electrons. The van der Waals surface area contributed by atoms with Gasteiger partial charge in [0, 0.05) is 12.6 Å². The van der Waals surface area contributed by atoms with Gasteiger partial charge < -0.3 is 29.0 Å². The van der Waals surface area contributed by atoms with E-state index in [4.69, 9.17) is 18.9 Å². The molecule has 0 aliphatic carbocycles. The van der Waals surface area contributed by atoms with E-state index < -0.39 is 35.7 Å².